The maximum absolute atomic E-state index is 11.4. The van der Waals surface area contributed by atoms with Crippen molar-refractivity contribution >= 4 is 11.2 Å². The fraction of sp³-hybridized carbons (Fsp3) is 0.250. The van der Waals surface area contributed by atoms with E-state index in [0.717, 1.165) is 5.56 Å². The summed E-state index contributed by atoms with van der Waals surface area (Å²) in [6.07, 6.45) is 0.845. The second-order valence-corrected chi connectivity index (χ2v) is 5.15. The summed E-state index contributed by atoms with van der Waals surface area (Å²) in [6, 6.07) is 11.6. The van der Waals surface area contributed by atoms with Crippen LogP contribution in [-0.4, -0.2) is 21.2 Å². The van der Waals surface area contributed by atoms with Gasteiger partial charge in [0.25, 0.3) is 0 Å². The third-order valence-electron chi connectivity index (χ3n) is 3.54. The highest BCUT2D eigenvalue weighted by atomic mass is 16.4. The SMILES string of the molecule is Cn1c(=O)oc2cc(C(O)CNCc3ccccc3)cnc21. The number of rotatable bonds is 5. The highest BCUT2D eigenvalue weighted by molar-refractivity contribution is 5.68. The minimum Gasteiger partial charge on any atom is -0.406 e. The van der Waals surface area contributed by atoms with Crippen molar-refractivity contribution in [3.8, 4) is 0 Å². The van der Waals surface area contributed by atoms with Gasteiger partial charge in [0.2, 0.25) is 0 Å². The Morgan fingerprint density at radius 2 is 2.14 bits per heavy atom. The maximum atomic E-state index is 11.4. The Hall–Kier alpha value is -2.44. The lowest BCUT2D eigenvalue weighted by molar-refractivity contribution is 0.174. The summed E-state index contributed by atoms with van der Waals surface area (Å²) in [6.45, 7) is 1.06. The minimum atomic E-state index is -0.717. The first-order chi connectivity index (χ1) is 10.6. The molecule has 2 heterocycles. The van der Waals surface area contributed by atoms with Crippen molar-refractivity contribution in [3.63, 3.8) is 0 Å². The molecule has 0 radical (unpaired) electrons. The van der Waals surface area contributed by atoms with Gasteiger partial charge in [-0.2, -0.15) is 0 Å². The van der Waals surface area contributed by atoms with Gasteiger partial charge in [-0.1, -0.05) is 30.3 Å². The molecule has 3 rings (SSSR count). The minimum absolute atomic E-state index is 0.382. The van der Waals surface area contributed by atoms with Crippen molar-refractivity contribution in [1.82, 2.24) is 14.9 Å². The summed E-state index contributed by atoms with van der Waals surface area (Å²) in [5.74, 6) is -0.462. The van der Waals surface area contributed by atoms with E-state index < -0.39 is 11.9 Å². The summed E-state index contributed by atoms with van der Waals surface area (Å²) in [7, 11) is 1.60. The smallest absolute Gasteiger partial charge is 0.406 e. The van der Waals surface area contributed by atoms with E-state index in [4.69, 9.17) is 4.42 Å². The number of hydrogen-bond donors (Lipinski definition) is 2. The topological polar surface area (TPSA) is 80.3 Å². The number of fused-ring (bicyclic) bond motifs is 1. The number of aliphatic hydroxyl groups excluding tert-OH is 1. The molecule has 0 spiro atoms. The van der Waals surface area contributed by atoms with Gasteiger partial charge in [-0.05, 0) is 11.6 Å². The Balaban J connectivity index is 1.67. The molecule has 0 amide bonds. The van der Waals surface area contributed by atoms with E-state index in [1.807, 2.05) is 30.3 Å². The molecule has 1 unspecified atom stereocenters. The Bertz CT molecular complexity index is 824. The second-order valence-electron chi connectivity index (χ2n) is 5.15. The quantitative estimate of drug-likeness (QED) is 0.743. The molecule has 6 nitrogen and oxygen atoms in total. The van der Waals surface area contributed by atoms with Crippen LogP contribution in [-0.2, 0) is 13.6 Å². The van der Waals surface area contributed by atoms with Gasteiger partial charge in [0.15, 0.2) is 11.2 Å². The predicted octanol–water partition coefficient (Wildman–Crippen LogP) is 1.35. The van der Waals surface area contributed by atoms with Gasteiger partial charge >= 0.3 is 5.76 Å². The number of aliphatic hydroxyl groups is 1. The molecule has 22 heavy (non-hydrogen) atoms. The number of nitrogens with one attached hydrogen (secondary N) is 1. The van der Waals surface area contributed by atoms with Crippen LogP contribution in [0.4, 0.5) is 0 Å². The highest BCUT2D eigenvalue weighted by Gasteiger charge is 2.12. The fourth-order valence-electron chi connectivity index (χ4n) is 2.28. The van der Waals surface area contributed by atoms with Crippen LogP contribution in [0.2, 0.25) is 0 Å². The standard InChI is InChI=1S/C16H17N3O3/c1-19-15-14(22-16(19)21)7-12(9-18-15)13(20)10-17-8-11-5-3-2-4-6-11/h2-7,9,13,17,20H,8,10H2,1H3. The van der Waals surface area contributed by atoms with E-state index in [-0.39, 0.29) is 0 Å². The Morgan fingerprint density at radius 1 is 1.36 bits per heavy atom. The van der Waals surface area contributed by atoms with E-state index in [1.165, 1.54) is 4.57 Å². The van der Waals surface area contributed by atoms with E-state index >= 15 is 0 Å². The molecule has 2 N–H and O–H groups in total. The van der Waals surface area contributed by atoms with E-state index in [9.17, 15) is 9.90 Å². The van der Waals surface area contributed by atoms with Crippen molar-refractivity contribution in [3.05, 3.63) is 64.3 Å². The monoisotopic (exact) mass is 299 g/mol. The van der Waals surface area contributed by atoms with Gasteiger partial charge < -0.3 is 14.8 Å². The van der Waals surface area contributed by atoms with Gasteiger partial charge in [-0.3, -0.25) is 4.57 Å². The number of nitrogens with zero attached hydrogens (tertiary/aromatic N) is 2. The van der Waals surface area contributed by atoms with E-state index in [1.54, 1.807) is 19.3 Å². The van der Waals surface area contributed by atoms with Crippen molar-refractivity contribution < 1.29 is 9.52 Å². The van der Waals surface area contributed by atoms with Crippen LogP contribution in [0.1, 0.15) is 17.2 Å². The lowest BCUT2D eigenvalue weighted by Crippen LogP contribution is -2.21. The molecule has 2 aromatic heterocycles. The Labute approximate surface area is 127 Å². The summed E-state index contributed by atoms with van der Waals surface area (Å²) >= 11 is 0. The molecule has 0 saturated carbocycles. The van der Waals surface area contributed by atoms with E-state index in [2.05, 4.69) is 10.3 Å². The molecule has 0 aliphatic heterocycles. The first-order valence-electron chi connectivity index (χ1n) is 7.03. The van der Waals surface area contributed by atoms with Gasteiger partial charge in [-0.25, -0.2) is 9.78 Å². The molecule has 0 bridgehead atoms. The van der Waals surface area contributed by atoms with Gasteiger partial charge in [0.05, 0.1) is 6.10 Å². The predicted molar refractivity (Wildman–Crippen MR) is 82.4 cm³/mol. The molecule has 0 saturated heterocycles. The van der Waals surface area contributed by atoms with Crippen molar-refractivity contribution in [1.29, 1.82) is 0 Å². The molecule has 0 fully saturated rings. The molecular formula is C16H17N3O3. The van der Waals surface area contributed by atoms with Crippen LogP contribution >= 0.6 is 0 Å². The molecule has 1 aromatic carbocycles. The number of hydrogen-bond acceptors (Lipinski definition) is 5. The van der Waals surface area contributed by atoms with Gasteiger partial charge in [0, 0.05) is 31.9 Å². The first-order valence-corrected chi connectivity index (χ1v) is 7.03. The fourth-order valence-corrected chi connectivity index (χ4v) is 2.28. The van der Waals surface area contributed by atoms with Crippen molar-refractivity contribution in [2.45, 2.75) is 12.6 Å². The van der Waals surface area contributed by atoms with Crippen LogP contribution < -0.4 is 11.1 Å². The summed E-state index contributed by atoms with van der Waals surface area (Å²) < 4.78 is 6.41. The molecule has 0 aliphatic carbocycles. The first kappa shape index (κ1) is 14.5. The largest absolute Gasteiger partial charge is 0.420 e. The molecule has 6 heteroatoms. The Morgan fingerprint density at radius 3 is 2.91 bits per heavy atom. The maximum Gasteiger partial charge on any atom is 0.420 e. The van der Waals surface area contributed by atoms with Crippen LogP contribution in [0, 0.1) is 0 Å². The number of oxazole rings is 1. The number of aromatic nitrogens is 2. The van der Waals surface area contributed by atoms with Crippen LogP contribution in [0.5, 0.6) is 0 Å². The number of pyridine rings is 1. The van der Waals surface area contributed by atoms with Crippen molar-refractivity contribution in [2.24, 2.45) is 7.05 Å². The third kappa shape index (κ3) is 2.93. The summed E-state index contributed by atoms with van der Waals surface area (Å²) in [4.78, 5) is 15.6. The summed E-state index contributed by atoms with van der Waals surface area (Å²) in [5.41, 5.74) is 2.62. The normalized spacial score (nSPS) is 12.6. The lowest BCUT2D eigenvalue weighted by atomic mass is 10.1. The zero-order valence-corrected chi connectivity index (χ0v) is 12.2. The lowest BCUT2D eigenvalue weighted by Gasteiger charge is -2.11. The van der Waals surface area contributed by atoms with Gasteiger partial charge in [-0.15, -0.1) is 0 Å². The number of benzene rings is 1. The molecular weight excluding hydrogens is 282 g/mol. The average molecular weight is 299 g/mol. The van der Waals surface area contributed by atoms with E-state index in [0.29, 0.717) is 29.9 Å². The third-order valence-corrected chi connectivity index (χ3v) is 3.54. The van der Waals surface area contributed by atoms with Crippen LogP contribution in [0.25, 0.3) is 11.2 Å². The Kier molecular flexibility index (Phi) is 4.04. The second kappa shape index (κ2) is 6.13. The summed E-state index contributed by atoms with van der Waals surface area (Å²) in [5, 5.41) is 13.4. The molecule has 3 aromatic rings. The highest BCUT2D eigenvalue weighted by Crippen LogP contribution is 2.17. The molecule has 0 aliphatic rings. The number of aryl methyl sites for hydroxylation is 1. The van der Waals surface area contributed by atoms with Crippen LogP contribution in [0.3, 0.4) is 0 Å². The zero-order valence-electron chi connectivity index (χ0n) is 12.2. The average Bonchev–Trinajstić information content (AvgIpc) is 2.82. The van der Waals surface area contributed by atoms with Gasteiger partial charge in [0.1, 0.15) is 0 Å². The molecule has 1 atom stereocenters. The van der Waals surface area contributed by atoms with Crippen LogP contribution in [0.15, 0.2) is 51.8 Å². The molecule has 114 valence electrons. The zero-order chi connectivity index (χ0) is 15.5. The van der Waals surface area contributed by atoms with Crippen molar-refractivity contribution in [2.75, 3.05) is 6.54 Å².